The molecule has 0 fully saturated rings. The number of para-hydroxylation sites is 1. The van der Waals surface area contributed by atoms with Crippen LogP contribution in [-0.2, 0) is 16.4 Å². The van der Waals surface area contributed by atoms with Crippen molar-refractivity contribution in [1.82, 2.24) is 4.72 Å². The standard InChI is InChI=1S/C20H25ClN2O2S.ClH/c21-17-10-13-19(14-11-17)26(24,25)22-15-5-1-2-7-18-12-9-16-6-3-4-8-20(16)23-18;/h3-4,6,8,10-11,13-14,18,22-23H,1-2,5,7,9,12,15H2;1H. The molecule has 1 atom stereocenters. The smallest absolute Gasteiger partial charge is 0.240 e. The second-order valence-electron chi connectivity index (χ2n) is 6.74. The number of unbranched alkanes of at least 4 members (excludes halogenated alkanes) is 2. The van der Waals surface area contributed by atoms with Crippen LogP contribution in [0.4, 0.5) is 5.69 Å². The lowest BCUT2D eigenvalue weighted by Gasteiger charge is -2.27. The number of sulfonamides is 1. The maximum absolute atomic E-state index is 12.2. The highest BCUT2D eigenvalue weighted by atomic mass is 35.5. The molecule has 0 amide bonds. The molecule has 0 aromatic heterocycles. The highest BCUT2D eigenvalue weighted by Crippen LogP contribution is 2.26. The van der Waals surface area contributed by atoms with Gasteiger partial charge in [-0.3, -0.25) is 0 Å². The van der Waals surface area contributed by atoms with E-state index in [0.29, 0.717) is 17.6 Å². The summed E-state index contributed by atoms with van der Waals surface area (Å²) in [5.74, 6) is 0. The Labute approximate surface area is 173 Å². The van der Waals surface area contributed by atoms with Gasteiger partial charge >= 0.3 is 0 Å². The zero-order valence-electron chi connectivity index (χ0n) is 15.2. The SMILES string of the molecule is Cl.O=S(=O)(NCCCCCC1CCc2ccccc2N1)c1ccc(Cl)cc1. The molecule has 148 valence electrons. The van der Waals surface area contributed by atoms with Gasteiger partial charge in [-0.15, -0.1) is 12.4 Å². The summed E-state index contributed by atoms with van der Waals surface area (Å²) in [6.45, 7) is 0.464. The Morgan fingerprint density at radius 3 is 2.56 bits per heavy atom. The number of fused-ring (bicyclic) bond motifs is 1. The Balaban J connectivity index is 0.00000261. The van der Waals surface area contributed by atoms with Crippen molar-refractivity contribution >= 4 is 39.7 Å². The van der Waals surface area contributed by atoms with Crippen LogP contribution in [-0.4, -0.2) is 21.0 Å². The fourth-order valence-corrected chi connectivity index (χ4v) is 4.51. The molecule has 4 nitrogen and oxygen atoms in total. The van der Waals surface area contributed by atoms with Crippen LogP contribution in [0, 0.1) is 0 Å². The van der Waals surface area contributed by atoms with Crippen molar-refractivity contribution < 1.29 is 8.42 Å². The van der Waals surface area contributed by atoms with Crippen molar-refractivity contribution in [1.29, 1.82) is 0 Å². The molecule has 0 radical (unpaired) electrons. The van der Waals surface area contributed by atoms with E-state index in [1.807, 2.05) is 0 Å². The van der Waals surface area contributed by atoms with Gasteiger partial charge in [0.1, 0.15) is 0 Å². The molecule has 0 spiro atoms. The Hall–Kier alpha value is -1.27. The first kappa shape index (κ1) is 22.0. The average molecular weight is 429 g/mol. The summed E-state index contributed by atoms with van der Waals surface area (Å²) in [5.41, 5.74) is 2.67. The van der Waals surface area contributed by atoms with E-state index in [9.17, 15) is 8.42 Å². The van der Waals surface area contributed by atoms with Crippen molar-refractivity contribution in [3.8, 4) is 0 Å². The van der Waals surface area contributed by atoms with E-state index >= 15 is 0 Å². The van der Waals surface area contributed by atoms with E-state index < -0.39 is 10.0 Å². The molecule has 1 heterocycles. The largest absolute Gasteiger partial charge is 0.382 e. The number of benzene rings is 2. The van der Waals surface area contributed by atoms with Crippen molar-refractivity contribution in [2.24, 2.45) is 0 Å². The molecule has 7 heteroatoms. The number of nitrogens with one attached hydrogen (secondary N) is 2. The highest BCUT2D eigenvalue weighted by Gasteiger charge is 2.16. The fraction of sp³-hybridized carbons (Fsp3) is 0.400. The number of hydrogen-bond donors (Lipinski definition) is 2. The number of rotatable bonds is 8. The Morgan fingerprint density at radius 1 is 1.04 bits per heavy atom. The van der Waals surface area contributed by atoms with Crippen LogP contribution < -0.4 is 10.0 Å². The lowest BCUT2D eigenvalue weighted by Crippen LogP contribution is -2.26. The minimum Gasteiger partial charge on any atom is -0.382 e. The normalized spacial score (nSPS) is 16.1. The summed E-state index contributed by atoms with van der Waals surface area (Å²) >= 11 is 5.79. The molecule has 0 aliphatic carbocycles. The molecule has 2 aromatic rings. The van der Waals surface area contributed by atoms with Gasteiger partial charge in [0.2, 0.25) is 10.0 Å². The van der Waals surface area contributed by atoms with E-state index in [2.05, 4.69) is 34.3 Å². The summed E-state index contributed by atoms with van der Waals surface area (Å²) in [5, 5.41) is 4.15. The van der Waals surface area contributed by atoms with Gasteiger partial charge in [0.15, 0.2) is 0 Å². The lowest BCUT2D eigenvalue weighted by molar-refractivity contribution is 0.533. The predicted octanol–water partition coefficient (Wildman–Crippen LogP) is 5.03. The van der Waals surface area contributed by atoms with Crippen LogP contribution in [0.5, 0.6) is 0 Å². The first-order valence-corrected chi connectivity index (χ1v) is 11.0. The van der Waals surface area contributed by atoms with Crippen LogP contribution in [0.25, 0.3) is 0 Å². The summed E-state index contributed by atoms with van der Waals surface area (Å²) in [6, 6.07) is 15.2. The third-order valence-electron chi connectivity index (χ3n) is 4.78. The molecule has 0 saturated heterocycles. The minimum absolute atomic E-state index is 0. The van der Waals surface area contributed by atoms with Crippen LogP contribution in [0.15, 0.2) is 53.4 Å². The molecular formula is C20H26Cl2N2O2S. The van der Waals surface area contributed by atoms with E-state index in [4.69, 9.17) is 11.6 Å². The fourth-order valence-electron chi connectivity index (χ4n) is 3.31. The van der Waals surface area contributed by atoms with Crippen LogP contribution >= 0.6 is 24.0 Å². The van der Waals surface area contributed by atoms with Gasteiger partial charge in [-0.25, -0.2) is 13.1 Å². The molecule has 2 aromatic carbocycles. The van der Waals surface area contributed by atoms with E-state index in [1.165, 1.54) is 29.8 Å². The molecule has 1 aliphatic heterocycles. The van der Waals surface area contributed by atoms with Gasteiger partial charge in [0.25, 0.3) is 0 Å². The summed E-state index contributed by atoms with van der Waals surface area (Å²) in [4.78, 5) is 0.256. The molecule has 0 bridgehead atoms. The van der Waals surface area contributed by atoms with Gasteiger partial charge in [0.05, 0.1) is 4.90 Å². The zero-order valence-corrected chi connectivity index (χ0v) is 17.5. The second-order valence-corrected chi connectivity index (χ2v) is 8.94. The van der Waals surface area contributed by atoms with Gasteiger partial charge in [-0.1, -0.05) is 42.6 Å². The molecule has 3 rings (SSSR count). The third kappa shape index (κ3) is 6.39. The van der Waals surface area contributed by atoms with Crippen molar-refractivity contribution in [2.45, 2.75) is 49.5 Å². The van der Waals surface area contributed by atoms with Crippen molar-refractivity contribution in [3.05, 3.63) is 59.1 Å². The van der Waals surface area contributed by atoms with E-state index in [-0.39, 0.29) is 17.3 Å². The molecule has 2 N–H and O–H groups in total. The zero-order chi connectivity index (χ0) is 18.4. The van der Waals surface area contributed by atoms with Crippen molar-refractivity contribution in [2.75, 3.05) is 11.9 Å². The lowest BCUT2D eigenvalue weighted by atomic mass is 9.95. The number of halogens is 2. The van der Waals surface area contributed by atoms with Gasteiger partial charge in [-0.2, -0.15) is 0 Å². The predicted molar refractivity (Wildman–Crippen MR) is 115 cm³/mol. The molecule has 1 aliphatic rings. The molecule has 27 heavy (non-hydrogen) atoms. The van der Waals surface area contributed by atoms with Crippen LogP contribution in [0.3, 0.4) is 0 Å². The number of aryl methyl sites for hydroxylation is 1. The van der Waals surface area contributed by atoms with Crippen LogP contribution in [0.1, 0.15) is 37.7 Å². The maximum Gasteiger partial charge on any atom is 0.240 e. The monoisotopic (exact) mass is 428 g/mol. The topological polar surface area (TPSA) is 58.2 Å². The van der Waals surface area contributed by atoms with Gasteiger partial charge in [-0.05, 0) is 61.6 Å². The third-order valence-corrected chi connectivity index (χ3v) is 6.51. The van der Waals surface area contributed by atoms with Crippen LogP contribution in [0.2, 0.25) is 5.02 Å². The summed E-state index contributed by atoms with van der Waals surface area (Å²) in [6.07, 6.45) is 6.38. The maximum atomic E-state index is 12.2. The first-order chi connectivity index (χ1) is 12.5. The Morgan fingerprint density at radius 2 is 1.78 bits per heavy atom. The van der Waals surface area contributed by atoms with Gasteiger partial charge < -0.3 is 5.32 Å². The molecule has 0 saturated carbocycles. The van der Waals surface area contributed by atoms with E-state index in [1.54, 1.807) is 12.1 Å². The van der Waals surface area contributed by atoms with Crippen molar-refractivity contribution in [3.63, 3.8) is 0 Å². The molecular weight excluding hydrogens is 403 g/mol. The quantitative estimate of drug-likeness (QED) is 0.579. The first-order valence-electron chi connectivity index (χ1n) is 9.14. The Kier molecular flexibility index (Phi) is 8.42. The number of hydrogen-bond acceptors (Lipinski definition) is 3. The summed E-state index contributed by atoms with van der Waals surface area (Å²) in [7, 11) is -3.44. The second kappa shape index (κ2) is 10.3. The van der Waals surface area contributed by atoms with E-state index in [0.717, 1.165) is 32.1 Å². The van der Waals surface area contributed by atoms with Gasteiger partial charge in [0, 0.05) is 23.3 Å². The molecule has 1 unspecified atom stereocenters. The average Bonchev–Trinajstić information content (AvgIpc) is 2.65. The Bertz CT molecular complexity index is 826. The number of anilines is 1. The minimum atomic E-state index is -3.44. The highest BCUT2D eigenvalue weighted by molar-refractivity contribution is 7.89. The summed E-state index contributed by atoms with van der Waals surface area (Å²) < 4.78 is 27.0.